The number of rotatable bonds is 4. The molecular formula is C15H11N3O4S. The van der Waals surface area contributed by atoms with Crippen LogP contribution in [-0.2, 0) is 0 Å². The van der Waals surface area contributed by atoms with Crippen molar-refractivity contribution in [3.8, 4) is 11.3 Å². The molecule has 0 fully saturated rings. The first-order valence-corrected chi connectivity index (χ1v) is 7.49. The summed E-state index contributed by atoms with van der Waals surface area (Å²) in [7, 11) is 0. The third kappa shape index (κ3) is 3.27. The van der Waals surface area contributed by atoms with E-state index in [1.54, 1.807) is 24.3 Å². The molecule has 0 radical (unpaired) electrons. The van der Waals surface area contributed by atoms with Crippen molar-refractivity contribution in [3.63, 3.8) is 0 Å². The molecule has 3 rings (SSSR count). The number of carbonyl (C=O) groups excluding carboxylic acids is 1. The molecule has 2 aromatic heterocycles. The number of hydrogen-bond donors (Lipinski definition) is 1. The van der Waals surface area contributed by atoms with Crippen molar-refractivity contribution < 1.29 is 14.1 Å². The van der Waals surface area contributed by atoms with Crippen molar-refractivity contribution in [1.82, 2.24) is 4.98 Å². The summed E-state index contributed by atoms with van der Waals surface area (Å²) >= 11 is 1.33. The predicted octanol–water partition coefficient (Wildman–Crippen LogP) is 3.87. The maximum atomic E-state index is 12.1. The summed E-state index contributed by atoms with van der Waals surface area (Å²) < 4.78 is 5.51. The molecule has 0 saturated carbocycles. The lowest BCUT2D eigenvalue weighted by atomic mass is 10.1. The summed E-state index contributed by atoms with van der Waals surface area (Å²) in [6, 6.07) is 9.10. The monoisotopic (exact) mass is 329 g/mol. The van der Waals surface area contributed by atoms with Crippen LogP contribution >= 0.6 is 11.3 Å². The largest absolute Gasteiger partial charge is 0.451 e. The Morgan fingerprint density at radius 3 is 2.61 bits per heavy atom. The number of nitrogens with one attached hydrogen (secondary N) is 1. The number of benzene rings is 1. The van der Waals surface area contributed by atoms with E-state index in [-0.39, 0.29) is 11.4 Å². The molecule has 0 saturated heterocycles. The highest BCUT2D eigenvalue weighted by Crippen LogP contribution is 2.25. The van der Waals surface area contributed by atoms with E-state index >= 15 is 0 Å². The normalized spacial score (nSPS) is 10.5. The third-order valence-electron chi connectivity index (χ3n) is 3.03. The van der Waals surface area contributed by atoms with Crippen LogP contribution in [0.25, 0.3) is 11.3 Å². The van der Waals surface area contributed by atoms with E-state index in [0.717, 1.165) is 5.69 Å². The van der Waals surface area contributed by atoms with Crippen LogP contribution in [0.1, 0.15) is 16.2 Å². The number of carbonyl (C=O) groups is 1. The van der Waals surface area contributed by atoms with Gasteiger partial charge in [0.15, 0.2) is 10.9 Å². The fourth-order valence-corrected chi connectivity index (χ4v) is 2.62. The van der Waals surface area contributed by atoms with Gasteiger partial charge in [-0.15, -0.1) is 11.3 Å². The number of nitro benzene ring substituents is 1. The molecule has 23 heavy (non-hydrogen) atoms. The van der Waals surface area contributed by atoms with Gasteiger partial charge in [-0.1, -0.05) is 0 Å². The summed E-state index contributed by atoms with van der Waals surface area (Å²) in [5, 5.41) is 15.6. The Balaban J connectivity index is 1.77. The molecule has 0 aliphatic rings. The fourth-order valence-electron chi connectivity index (χ4n) is 1.93. The highest BCUT2D eigenvalue weighted by atomic mass is 32.1. The molecule has 3 aromatic rings. The van der Waals surface area contributed by atoms with Crippen LogP contribution in [0, 0.1) is 17.0 Å². The van der Waals surface area contributed by atoms with Gasteiger partial charge in [0.1, 0.15) is 5.76 Å². The Morgan fingerprint density at radius 2 is 2.00 bits per heavy atom. The van der Waals surface area contributed by atoms with Gasteiger partial charge in [0, 0.05) is 23.1 Å². The van der Waals surface area contributed by atoms with Crippen molar-refractivity contribution in [2.45, 2.75) is 6.92 Å². The first-order valence-electron chi connectivity index (χ1n) is 6.61. The number of nitrogens with zero attached hydrogens (tertiary/aromatic N) is 2. The van der Waals surface area contributed by atoms with Gasteiger partial charge in [0.2, 0.25) is 0 Å². The van der Waals surface area contributed by atoms with Gasteiger partial charge in [-0.25, -0.2) is 4.98 Å². The zero-order valence-electron chi connectivity index (χ0n) is 12.0. The van der Waals surface area contributed by atoms with Gasteiger partial charge in [-0.05, 0) is 31.2 Å². The molecule has 7 nitrogen and oxygen atoms in total. The van der Waals surface area contributed by atoms with Crippen molar-refractivity contribution in [1.29, 1.82) is 0 Å². The van der Waals surface area contributed by atoms with E-state index in [1.807, 2.05) is 12.3 Å². The van der Waals surface area contributed by atoms with Crippen molar-refractivity contribution in [2.75, 3.05) is 5.32 Å². The van der Waals surface area contributed by atoms with Crippen LogP contribution in [0.15, 0.2) is 46.2 Å². The maximum Gasteiger partial charge on any atom is 0.293 e. The number of thiazole rings is 1. The number of amides is 1. The molecule has 0 bridgehead atoms. The molecule has 1 amide bonds. The second-order valence-electron chi connectivity index (χ2n) is 4.72. The topological polar surface area (TPSA) is 98.3 Å². The van der Waals surface area contributed by atoms with Crippen LogP contribution in [0.4, 0.5) is 10.8 Å². The average Bonchev–Trinajstić information content (AvgIpc) is 3.16. The lowest BCUT2D eigenvalue weighted by Gasteiger charge is -1.99. The summed E-state index contributed by atoms with van der Waals surface area (Å²) in [5.41, 5.74) is 1.48. The minimum Gasteiger partial charge on any atom is -0.451 e. The van der Waals surface area contributed by atoms with Gasteiger partial charge in [0.05, 0.1) is 10.6 Å². The quantitative estimate of drug-likeness (QED) is 0.578. The third-order valence-corrected chi connectivity index (χ3v) is 3.91. The summed E-state index contributed by atoms with van der Waals surface area (Å²) in [5.74, 6) is 0.207. The minimum atomic E-state index is -0.471. The number of furan rings is 1. The highest BCUT2D eigenvalue weighted by Gasteiger charge is 2.14. The van der Waals surface area contributed by atoms with Gasteiger partial charge in [-0.2, -0.15) is 0 Å². The molecule has 116 valence electrons. The van der Waals surface area contributed by atoms with Crippen molar-refractivity contribution in [3.05, 3.63) is 63.3 Å². The van der Waals surface area contributed by atoms with Crippen LogP contribution in [-0.4, -0.2) is 15.8 Å². The lowest BCUT2D eigenvalue weighted by molar-refractivity contribution is -0.384. The second kappa shape index (κ2) is 6.01. The molecule has 0 unspecified atom stereocenters. The Kier molecular flexibility index (Phi) is 3.90. The van der Waals surface area contributed by atoms with Crippen LogP contribution in [0.2, 0.25) is 0 Å². The molecule has 0 aliphatic carbocycles. The first kappa shape index (κ1) is 14.9. The van der Waals surface area contributed by atoms with Crippen LogP contribution < -0.4 is 5.32 Å². The zero-order valence-corrected chi connectivity index (χ0v) is 12.8. The number of hydrogen-bond acceptors (Lipinski definition) is 6. The molecular weight excluding hydrogens is 318 g/mol. The predicted molar refractivity (Wildman–Crippen MR) is 85.6 cm³/mol. The Labute approximate surface area is 134 Å². The lowest BCUT2D eigenvalue weighted by Crippen LogP contribution is -2.10. The average molecular weight is 329 g/mol. The Bertz CT molecular complexity index is 867. The molecule has 8 heteroatoms. The standard InChI is InChI=1S/C15H11N3O4S/c1-9-8-23-15(16-9)17-14(19)13-7-6-12(22-13)10-2-4-11(5-3-10)18(20)21/h2-8H,1H3,(H,16,17,19). The number of anilines is 1. The minimum absolute atomic E-state index is 0.00240. The molecule has 1 aromatic carbocycles. The Morgan fingerprint density at radius 1 is 1.26 bits per heavy atom. The van der Waals surface area contributed by atoms with Gasteiger partial charge >= 0.3 is 0 Å². The molecule has 0 spiro atoms. The van der Waals surface area contributed by atoms with E-state index in [2.05, 4.69) is 10.3 Å². The Hall–Kier alpha value is -3.00. The first-order chi connectivity index (χ1) is 11.0. The van der Waals surface area contributed by atoms with Gasteiger partial charge < -0.3 is 4.42 Å². The molecule has 1 N–H and O–H groups in total. The molecule has 0 aliphatic heterocycles. The zero-order chi connectivity index (χ0) is 16.4. The van der Waals surface area contributed by atoms with Crippen molar-refractivity contribution in [2.24, 2.45) is 0 Å². The maximum absolute atomic E-state index is 12.1. The van der Waals surface area contributed by atoms with Crippen LogP contribution in [0.5, 0.6) is 0 Å². The van der Waals surface area contributed by atoms with Crippen molar-refractivity contribution >= 4 is 28.1 Å². The number of aromatic nitrogens is 1. The summed E-state index contributed by atoms with van der Waals surface area (Å²) in [4.78, 5) is 26.4. The van der Waals surface area contributed by atoms with E-state index in [4.69, 9.17) is 4.42 Å². The van der Waals surface area contributed by atoms with Gasteiger partial charge in [0.25, 0.3) is 11.6 Å². The van der Waals surface area contributed by atoms with E-state index in [0.29, 0.717) is 16.5 Å². The fraction of sp³-hybridized carbons (Fsp3) is 0.0667. The molecule has 2 heterocycles. The number of nitro groups is 1. The van der Waals surface area contributed by atoms with E-state index < -0.39 is 10.8 Å². The molecule has 0 atom stereocenters. The summed E-state index contributed by atoms with van der Waals surface area (Å²) in [6.45, 7) is 1.84. The SMILES string of the molecule is Cc1csc(NC(=O)c2ccc(-c3ccc([N+](=O)[O-])cc3)o2)n1. The second-order valence-corrected chi connectivity index (χ2v) is 5.57. The van der Waals surface area contributed by atoms with E-state index in [1.165, 1.54) is 23.5 Å². The number of non-ortho nitro benzene ring substituents is 1. The van der Waals surface area contributed by atoms with Crippen LogP contribution in [0.3, 0.4) is 0 Å². The highest BCUT2D eigenvalue weighted by molar-refractivity contribution is 7.13. The van der Waals surface area contributed by atoms with E-state index in [9.17, 15) is 14.9 Å². The van der Waals surface area contributed by atoms with Gasteiger partial charge in [-0.3, -0.25) is 20.2 Å². The summed E-state index contributed by atoms with van der Waals surface area (Å²) in [6.07, 6.45) is 0. The smallest absolute Gasteiger partial charge is 0.293 e. The number of aryl methyl sites for hydroxylation is 1.